The van der Waals surface area contributed by atoms with E-state index < -0.39 is 0 Å². The Labute approximate surface area is 80.1 Å². The Hall–Kier alpha value is -2.01. The fourth-order valence-corrected chi connectivity index (χ4v) is 1.44. The number of fused-ring (bicyclic) bond motifs is 1. The molecule has 1 aliphatic heterocycles. The van der Waals surface area contributed by atoms with Crippen LogP contribution >= 0.6 is 0 Å². The molecule has 0 atom stereocenters. The second-order valence-electron chi connectivity index (χ2n) is 2.92. The largest absolute Gasteiger partial charge is 0.394 e. The predicted octanol–water partition coefficient (Wildman–Crippen LogP) is 0.895. The van der Waals surface area contributed by atoms with E-state index in [4.69, 9.17) is 4.84 Å². The van der Waals surface area contributed by atoms with Gasteiger partial charge in [-0.2, -0.15) is 5.12 Å². The lowest BCUT2D eigenvalue weighted by atomic mass is 10.3. The van der Waals surface area contributed by atoms with Gasteiger partial charge in [0.15, 0.2) is 0 Å². The van der Waals surface area contributed by atoms with Crippen molar-refractivity contribution < 1.29 is 4.84 Å². The van der Waals surface area contributed by atoms with Gasteiger partial charge in [0, 0.05) is 0 Å². The maximum Gasteiger partial charge on any atom is 0.133 e. The Bertz CT molecular complexity index is 490. The van der Waals surface area contributed by atoms with Gasteiger partial charge in [0.1, 0.15) is 12.6 Å². The third-order valence-electron chi connectivity index (χ3n) is 2.08. The van der Waals surface area contributed by atoms with E-state index in [1.807, 2.05) is 28.9 Å². The third-order valence-corrected chi connectivity index (χ3v) is 2.08. The number of para-hydroxylation sites is 2. The quantitative estimate of drug-likeness (QED) is 0.721. The Balaban J connectivity index is 2.16. The molecule has 0 saturated carbocycles. The Morgan fingerprint density at radius 3 is 3.07 bits per heavy atom. The van der Waals surface area contributed by atoms with Crippen LogP contribution in [0.2, 0.25) is 0 Å². The molecule has 0 bridgehead atoms. The Morgan fingerprint density at radius 2 is 2.21 bits per heavy atom. The molecule has 0 spiro atoms. The molecule has 3 rings (SSSR count). The fraction of sp³-hybridized carbons (Fsp3) is 0. The first kappa shape index (κ1) is 7.40. The minimum absolute atomic E-state index is 0.953. The number of rotatable bonds is 1. The van der Waals surface area contributed by atoms with Crippen molar-refractivity contribution in [3.8, 4) is 0 Å². The molecule has 5 nitrogen and oxygen atoms in total. The van der Waals surface area contributed by atoms with E-state index in [1.165, 1.54) is 0 Å². The lowest BCUT2D eigenvalue weighted by Crippen LogP contribution is -2.36. The smallest absolute Gasteiger partial charge is 0.133 e. The number of hydrogen-bond acceptors (Lipinski definition) is 4. The molecular weight excluding hydrogens is 180 g/mol. The van der Waals surface area contributed by atoms with Gasteiger partial charge in [0.05, 0.1) is 17.2 Å². The second-order valence-corrected chi connectivity index (χ2v) is 2.92. The van der Waals surface area contributed by atoms with Gasteiger partial charge in [-0.15, -0.1) is 0 Å². The van der Waals surface area contributed by atoms with E-state index in [2.05, 4.69) is 10.6 Å². The van der Waals surface area contributed by atoms with Gasteiger partial charge in [-0.05, 0) is 17.7 Å². The number of nitrogens with one attached hydrogen (secondary N) is 1. The molecule has 1 N–H and O–H groups in total. The molecule has 0 unspecified atom stereocenters. The van der Waals surface area contributed by atoms with Crippen molar-refractivity contribution in [2.45, 2.75) is 0 Å². The van der Waals surface area contributed by atoms with E-state index in [0.29, 0.717) is 0 Å². The lowest BCUT2D eigenvalue weighted by Gasteiger charge is -2.14. The van der Waals surface area contributed by atoms with Crippen LogP contribution in [-0.4, -0.2) is 9.66 Å². The molecule has 0 amide bonds. The normalized spacial score (nSPS) is 15.0. The monoisotopic (exact) mass is 188 g/mol. The summed E-state index contributed by atoms with van der Waals surface area (Å²) in [5, 5.41) is 1.70. The topological polar surface area (TPSA) is 42.3 Å². The van der Waals surface area contributed by atoms with Crippen molar-refractivity contribution in [2.24, 2.45) is 0 Å². The van der Waals surface area contributed by atoms with Crippen LogP contribution in [0, 0.1) is 0 Å². The minimum atomic E-state index is 0.953. The van der Waals surface area contributed by atoms with Crippen LogP contribution < -0.4 is 10.7 Å². The average molecular weight is 188 g/mol. The highest BCUT2D eigenvalue weighted by Crippen LogP contribution is 2.12. The molecule has 2 aromatic rings. The maximum atomic E-state index is 4.88. The fourth-order valence-electron chi connectivity index (χ4n) is 1.44. The summed E-state index contributed by atoms with van der Waals surface area (Å²) in [4.78, 5) is 9.13. The van der Waals surface area contributed by atoms with Gasteiger partial charge in [-0.25, -0.2) is 9.66 Å². The van der Waals surface area contributed by atoms with E-state index >= 15 is 0 Å². The van der Waals surface area contributed by atoms with E-state index in [9.17, 15) is 0 Å². The van der Waals surface area contributed by atoms with E-state index in [1.54, 1.807) is 23.9 Å². The summed E-state index contributed by atoms with van der Waals surface area (Å²) in [5.41, 5.74) is 4.67. The molecule has 2 heterocycles. The minimum Gasteiger partial charge on any atom is -0.394 e. The van der Waals surface area contributed by atoms with Crippen LogP contribution in [0.5, 0.6) is 0 Å². The lowest BCUT2D eigenvalue weighted by molar-refractivity contribution is 0.141. The first-order valence-corrected chi connectivity index (χ1v) is 4.25. The molecule has 1 aromatic heterocycles. The molecule has 1 aromatic carbocycles. The van der Waals surface area contributed by atoms with Gasteiger partial charge in [-0.1, -0.05) is 12.1 Å². The van der Waals surface area contributed by atoms with Crippen LogP contribution in [0.3, 0.4) is 0 Å². The van der Waals surface area contributed by atoms with Gasteiger partial charge in [0.2, 0.25) is 0 Å². The van der Waals surface area contributed by atoms with E-state index in [0.717, 1.165) is 11.0 Å². The highest BCUT2D eigenvalue weighted by molar-refractivity contribution is 5.75. The van der Waals surface area contributed by atoms with Crippen LogP contribution in [0.1, 0.15) is 0 Å². The van der Waals surface area contributed by atoms with Crippen molar-refractivity contribution >= 4 is 11.0 Å². The first-order chi connectivity index (χ1) is 6.95. The Kier molecular flexibility index (Phi) is 1.45. The molecule has 0 aliphatic carbocycles. The number of benzene rings is 1. The SMILES string of the molecule is C1=CN(n2cnc3ccccc32)NO1. The van der Waals surface area contributed by atoms with E-state index in [-0.39, 0.29) is 0 Å². The van der Waals surface area contributed by atoms with Gasteiger partial charge >= 0.3 is 0 Å². The maximum absolute atomic E-state index is 4.88. The number of hydrazine groups is 1. The summed E-state index contributed by atoms with van der Waals surface area (Å²) >= 11 is 0. The van der Waals surface area contributed by atoms with Crippen LogP contribution in [0.4, 0.5) is 0 Å². The third kappa shape index (κ3) is 0.961. The second kappa shape index (κ2) is 2.74. The summed E-state index contributed by atoms with van der Waals surface area (Å²) in [6.45, 7) is 0. The molecule has 0 radical (unpaired) electrons. The van der Waals surface area contributed by atoms with Gasteiger partial charge in [-0.3, -0.25) is 0 Å². The van der Waals surface area contributed by atoms with Gasteiger partial charge < -0.3 is 4.84 Å². The number of aromatic nitrogens is 2. The standard InChI is InChI=1S/C9H8N4O/c1-2-4-9-8(3-1)10-7-12(9)13-5-6-14-11-13/h1-7,11H. The van der Waals surface area contributed by atoms with Crippen molar-refractivity contribution in [1.82, 2.24) is 15.2 Å². The summed E-state index contributed by atoms with van der Waals surface area (Å²) < 4.78 is 1.86. The molecule has 0 fully saturated rings. The predicted molar refractivity (Wildman–Crippen MR) is 51.3 cm³/mol. The number of imidazole rings is 1. The summed E-state index contributed by atoms with van der Waals surface area (Å²) in [7, 11) is 0. The molecule has 70 valence electrons. The summed E-state index contributed by atoms with van der Waals surface area (Å²) in [6, 6.07) is 7.90. The molecule has 5 heteroatoms. The number of nitrogens with zero attached hydrogens (tertiary/aromatic N) is 3. The molecule has 1 aliphatic rings. The van der Waals surface area contributed by atoms with Gasteiger partial charge in [0.25, 0.3) is 0 Å². The summed E-state index contributed by atoms with van der Waals surface area (Å²) in [6.07, 6.45) is 5.07. The zero-order valence-electron chi connectivity index (χ0n) is 7.29. The average Bonchev–Trinajstić information content (AvgIpc) is 2.85. The molecule has 14 heavy (non-hydrogen) atoms. The molecular formula is C9H8N4O. The van der Waals surface area contributed by atoms with Crippen LogP contribution in [0.15, 0.2) is 43.1 Å². The summed E-state index contributed by atoms with van der Waals surface area (Å²) in [5.74, 6) is 0. The van der Waals surface area contributed by atoms with Crippen molar-refractivity contribution in [3.63, 3.8) is 0 Å². The zero-order chi connectivity index (χ0) is 9.38. The zero-order valence-corrected chi connectivity index (χ0v) is 7.29. The van der Waals surface area contributed by atoms with Crippen molar-refractivity contribution in [1.29, 1.82) is 0 Å². The van der Waals surface area contributed by atoms with Crippen LogP contribution in [-0.2, 0) is 4.84 Å². The highest BCUT2D eigenvalue weighted by atomic mass is 16.7. The molecule has 0 saturated heterocycles. The van der Waals surface area contributed by atoms with Crippen molar-refractivity contribution in [2.75, 3.05) is 5.12 Å². The van der Waals surface area contributed by atoms with Crippen molar-refractivity contribution in [3.05, 3.63) is 43.1 Å². The number of hydrogen-bond donors (Lipinski definition) is 1. The highest BCUT2D eigenvalue weighted by Gasteiger charge is 2.09. The Morgan fingerprint density at radius 1 is 1.29 bits per heavy atom. The van der Waals surface area contributed by atoms with Crippen LogP contribution in [0.25, 0.3) is 11.0 Å². The first-order valence-electron chi connectivity index (χ1n) is 4.25.